The summed E-state index contributed by atoms with van der Waals surface area (Å²) < 4.78 is 0. The quantitative estimate of drug-likeness (QED) is 0.790. The molecule has 21 heavy (non-hydrogen) atoms. The Morgan fingerprint density at radius 2 is 2.24 bits per heavy atom. The van der Waals surface area contributed by atoms with Crippen LogP contribution >= 0.6 is 11.3 Å². The zero-order valence-electron chi connectivity index (χ0n) is 12.3. The van der Waals surface area contributed by atoms with Crippen LogP contribution in [0.2, 0.25) is 0 Å². The van der Waals surface area contributed by atoms with Gasteiger partial charge in [0.2, 0.25) is 0 Å². The van der Waals surface area contributed by atoms with Gasteiger partial charge in [-0.25, -0.2) is 4.98 Å². The minimum absolute atomic E-state index is 0.241. The second-order valence-electron chi connectivity index (χ2n) is 5.10. The highest BCUT2D eigenvalue weighted by Crippen LogP contribution is 2.26. The van der Waals surface area contributed by atoms with Crippen LogP contribution in [0, 0.1) is 12.8 Å². The topological polar surface area (TPSA) is 92.9 Å². The highest BCUT2D eigenvalue weighted by Gasteiger charge is 2.17. The van der Waals surface area contributed by atoms with Crippen LogP contribution in [0.15, 0.2) is 18.3 Å². The fraction of sp³-hybridized carbons (Fsp3) is 0.357. The number of pyridine rings is 1. The second kappa shape index (κ2) is 6.53. The van der Waals surface area contributed by atoms with Crippen molar-refractivity contribution in [1.29, 1.82) is 0 Å². The monoisotopic (exact) mass is 305 g/mol. The number of carbonyl (C=O) groups excluding carboxylic acids is 1. The number of rotatable bonds is 5. The predicted octanol–water partition coefficient (Wildman–Crippen LogP) is 2.75. The van der Waals surface area contributed by atoms with Crippen LogP contribution in [-0.4, -0.2) is 22.4 Å². The molecule has 4 N–H and O–H groups in total. The number of nitrogens with two attached hydrogens (primary N) is 1. The minimum atomic E-state index is -0.265. The molecule has 2 aromatic rings. The average molecular weight is 305 g/mol. The summed E-state index contributed by atoms with van der Waals surface area (Å²) in [4.78, 5) is 21.0. The van der Waals surface area contributed by atoms with Crippen LogP contribution in [-0.2, 0) is 0 Å². The number of aryl methyl sites for hydroxylation is 1. The van der Waals surface area contributed by atoms with Crippen LogP contribution in [0.1, 0.15) is 29.2 Å². The molecule has 0 atom stereocenters. The number of aromatic nitrogens is 2. The van der Waals surface area contributed by atoms with Gasteiger partial charge in [0.25, 0.3) is 5.91 Å². The Kier molecular flexibility index (Phi) is 4.74. The first kappa shape index (κ1) is 15.2. The van der Waals surface area contributed by atoms with Gasteiger partial charge in [-0.3, -0.25) is 9.78 Å². The van der Waals surface area contributed by atoms with E-state index in [1.165, 1.54) is 11.3 Å². The normalized spacial score (nSPS) is 10.7. The molecule has 0 spiro atoms. The summed E-state index contributed by atoms with van der Waals surface area (Å²) >= 11 is 1.26. The maximum atomic E-state index is 12.3. The van der Waals surface area contributed by atoms with Crippen molar-refractivity contribution in [3.8, 4) is 0 Å². The third kappa shape index (κ3) is 3.91. The standard InChI is InChI=1S/C14H19N5OS/c1-8(2)7-17-14-19-12(15)11(21-14)13(20)18-10-5-4-6-16-9(10)3/h4-6,8H,7,15H2,1-3H3,(H,17,19)(H,18,20). The molecule has 0 radical (unpaired) electrons. The van der Waals surface area contributed by atoms with Crippen molar-refractivity contribution in [3.05, 3.63) is 28.9 Å². The molecule has 0 bridgehead atoms. The summed E-state index contributed by atoms with van der Waals surface area (Å²) in [5.74, 6) is 0.467. The summed E-state index contributed by atoms with van der Waals surface area (Å²) in [6, 6.07) is 3.57. The maximum absolute atomic E-state index is 12.3. The number of nitrogen functional groups attached to an aromatic ring is 1. The van der Waals surface area contributed by atoms with Crippen LogP contribution in [0.25, 0.3) is 0 Å². The van der Waals surface area contributed by atoms with Gasteiger partial charge in [0.1, 0.15) is 10.7 Å². The van der Waals surface area contributed by atoms with Gasteiger partial charge in [0.05, 0.1) is 11.4 Å². The Morgan fingerprint density at radius 1 is 1.48 bits per heavy atom. The molecule has 0 aliphatic heterocycles. The van der Waals surface area contributed by atoms with Crippen molar-refractivity contribution < 1.29 is 4.79 Å². The van der Waals surface area contributed by atoms with Gasteiger partial charge in [0, 0.05) is 12.7 Å². The fourth-order valence-corrected chi connectivity index (χ4v) is 2.44. The summed E-state index contributed by atoms with van der Waals surface area (Å²) in [5.41, 5.74) is 7.25. The van der Waals surface area contributed by atoms with Gasteiger partial charge in [-0.2, -0.15) is 0 Å². The molecule has 2 heterocycles. The van der Waals surface area contributed by atoms with Crippen molar-refractivity contribution in [2.75, 3.05) is 22.9 Å². The lowest BCUT2D eigenvalue weighted by Gasteiger charge is -2.06. The van der Waals surface area contributed by atoms with E-state index >= 15 is 0 Å². The molecule has 0 aromatic carbocycles. The molecule has 0 saturated heterocycles. The highest BCUT2D eigenvalue weighted by atomic mass is 32.1. The molecule has 0 aliphatic carbocycles. The van der Waals surface area contributed by atoms with E-state index in [1.807, 2.05) is 6.92 Å². The van der Waals surface area contributed by atoms with Crippen LogP contribution in [0.4, 0.5) is 16.6 Å². The van der Waals surface area contributed by atoms with E-state index in [1.54, 1.807) is 18.3 Å². The number of amides is 1. The van der Waals surface area contributed by atoms with Gasteiger partial charge in [-0.05, 0) is 25.0 Å². The van der Waals surface area contributed by atoms with Crippen LogP contribution in [0.3, 0.4) is 0 Å². The Bertz CT molecular complexity index is 638. The van der Waals surface area contributed by atoms with Crippen molar-refractivity contribution in [1.82, 2.24) is 9.97 Å². The van der Waals surface area contributed by atoms with Gasteiger partial charge in [0.15, 0.2) is 5.13 Å². The van der Waals surface area contributed by atoms with E-state index in [-0.39, 0.29) is 11.7 Å². The van der Waals surface area contributed by atoms with E-state index in [2.05, 4.69) is 34.4 Å². The Labute approximate surface area is 127 Å². The summed E-state index contributed by atoms with van der Waals surface area (Å²) in [6.07, 6.45) is 1.68. The Morgan fingerprint density at radius 3 is 2.90 bits per heavy atom. The Hall–Kier alpha value is -2.15. The molecule has 2 aromatic heterocycles. The molecule has 0 fully saturated rings. The molecule has 2 rings (SSSR count). The van der Waals surface area contributed by atoms with E-state index in [9.17, 15) is 4.79 Å². The molecule has 0 saturated carbocycles. The second-order valence-corrected chi connectivity index (χ2v) is 6.10. The molecular formula is C14H19N5OS. The van der Waals surface area contributed by atoms with Crippen LogP contribution < -0.4 is 16.4 Å². The Balaban J connectivity index is 2.11. The largest absolute Gasteiger partial charge is 0.382 e. The number of nitrogens with zero attached hydrogens (tertiary/aromatic N) is 2. The third-order valence-electron chi connectivity index (χ3n) is 2.78. The van der Waals surface area contributed by atoms with E-state index < -0.39 is 0 Å². The van der Waals surface area contributed by atoms with Crippen molar-refractivity contribution in [3.63, 3.8) is 0 Å². The molecule has 1 amide bonds. The van der Waals surface area contributed by atoms with Gasteiger partial charge < -0.3 is 16.4 Å². The number of carbonyl (C=O) groups is 1. The zero-order valence-corrected chi connectivity index (χ0v) is 13.1. The molecule has 7 heteroatoms. The summed E-state index contributed by atoms with van der Waals surface area (Å²) in [5, 5.41) is 6.64. The lowest BCUT2D eigenvalue weighted by molar-refractivity contribution is 0.103. The highest BCUT2D eigenvalue weighted by molar-refractivity contribution is 7.18. The zero-order chi connectivity index (χ0) is 15.4. The molecule has 0 aliphatic rings. The van der Waals surface area contributed by atoms with Crippen molar-refractivity contribution in [2.24, 2.45) is 5.92 Å². The number of anilines is 3. The molecule has 6 nitrogen and oxygen atoms in total. The number of thiazole rings is 1. The first-order chi connectivity index (χ1) is 9.97. The molecule has 0 unspecified atom stereocenters. The SMILES string of the molecule is Cc1ncccc1NC(=O)c1sc(NCC(C)C)nc1N. The third-order valence-corrected chi connectivity index (χ3v) is 3.80. The minimum Gasteiger partial charge on any atom is -0.382 e. The van der Waals surface area contributed by atoms with E-state index in [4.69, 9.17) is 5.73 Å². The number of hydrogen-bond donors (Lipinski definition) is 3. The summed E-state index contributed by atoms with van der Waals surface area (Å²) in [6.45, 7) is 6.82. The number of hydrogen-bond acceptors (Lipinski definition) is 6. The molecule has 112 valence electrons. The lowest BCUT2D eigenvalue weighted by atomic mass is 10.2. The van der Waals surface area contributed by atoms with Gasteiger partial charge in [-0.1, -0.05) is 25.2 Å². The van der Waals surface area contributed by atoms with E-state index in [0.717, 1.165) is 12.2 Å². The molecular weight excluding hydrogens is 286 g/mol. The first-order valence-corrected chi connectivity index (χ1v) is 7.52. The predicted molar refractivity (Wildman–Crippen MR) is 86.8 cm³/mol. The van der Waals surface area contributed by atoms with Gasteiger partial charge >= 0.3 is 0 Å². The summed E-state index contributed by atoms with van der Waals surface area (Å²) in [7, 11) is 0. The van der Waals surface area contributed by atoms with Crippen LogP contribution in [0.5, 0.6) is 0 Å². The number of nitrogens with one attached hydrogen (secondary N) is 2. The van der Waals surface area contributed by atoms with Gasteiger partial charge in [-0.15, -0.1) is 0 Å². The van der Waals surface area contributed by atoms with Crippen molar-refractivity contribution >= 4 is 33.9 Å². The average Bonchev–Trinajstić information content (AvgIpc) is 2.80. The lowest BCUT2D eigenvalue weighted by Crippen LogP contribution is -2.13. The maximum Gasteiger partial charge on any atom is 0.269 e. The smallest absolute Gasteiger partial charge is 0.269 e. The van der Waals surface area contributed by atoms with E-state index in [0.29, 0.717) is 21.6 Å². The fourth-order valence-electron chi connectivity index (χ4n) is 1.66. The first-order valence-electron chi connectivity index (χ1n) is 6.70. The van der Waals surface area contributed by atoms with Crippen molar-refractivity contribution in [2.45, 2.75) is 20.8 Å².